The molecule has 2 unspecified atom stereocenters. The Morgan fingerprint density at radius 2 is 1.95 bits per heavy atom. The summed E-state index contributed by atoms with van der Waals surface area (Å²) in [6.07, 6.45) is 12.4. The Labute approximate surface area is 122 Å². The van der Waals surface area contributed by atoms with Gasteiger partial charge in [-0.25, -0.2) is 4.42 Å². The van der Waals surface area contributed by atoms with Gasteiger partial charge in [0.15, 0.2) is 0 Å². The van der Waals surface area contributed by atoms with Crippen LogP contribution in [0.4, 0.5) is 0 Å². The molecule has 0 fully saturated rings. The zero-order valence-corrected chi connectivity index (χ0v) is 12.5. The van der Waals surface area contributed by atoms with Gasteiger partial charge in [-0.05, 0) is 44.0 Å². The van der Waals surface area contributed by atoms with Crippen molar-refractivity contribution in [3.63, 3.8) is 0 Å². The molecule has 102 valence electrons. The summed E-state index contributed by atoms with van der Waals surface area (Å²) >= 11 is 6.27. The molecule has 1 rings (SSSR count). The van der Waals surface area contributed by atoms with Crippen LogP contribution in [0.5, 0.6) is 0 Å². The molecule has 1 nitrogen and oxygen atoms in total. The topological polar surface area (TPSA) is 3.24 Å². The maximum absolute atomic E-state index is 6.27. The second kappa shape index (κ2) is 8.80. The number of nitrogens with zero attached hydrogens (tertiary/aromatic N) is 1. The predicted molar refractivity (Wildman–Crippen MR) is 84.8 cm³/mol. The summed E-state index contributed by atoms with van der Waals surface area (Å²) in [4.78, 5) is 0. The minimum absolute atomic E-state index is 0.222. The van der Waals surface area contributed by atoms with E-state index < -0.39 is 0 Å². The molecule has 0 saturated heterocycles. The highest BCUT2D eigenvalue weighted by atomic mass is 35.5. The molecule has 1 aromatic carbocycles. The van der Waals surface area contributed by atoms with Crippen LogP contribution in [-0.4, -0.2) is 16.5 Å². The second-order valence-corrected chi connectivity index (χ2v) is 5.23. The SMILES string of the molecule is C#CCC(C)N(Cl)C(C)CC/C=C/c1ccccc1. The third-order valence-corrected chi connectivity index (χ3v) is 3.78. The van der Waals surface area contributed by atoms with Crippen LogP contribution in [-0.2, 0) is 0 Å². The van der Waals surface area contributed by atoms with E-state index in [-0.39, 0.29) is 6.04 Å². The van der Waals surface area contributed by atoms with Gasteiger partial charge in [-0.1, -0.05) is 42.5 Å². The van der Waals surface area contributed by atoms with Crippen LogP contribution >= 0.6 is 11.8 Å². The lowest BCUT2D eigenvalue weighted by atomic mass is 10.1. The Hall–Kier alpha value is -1.23. The molecule has 0 saturated carbocycles. The van der Waals surface area contributed by atoms with Crippen LogP contribution in [0.2, 0.25) is 0 Å². The molecule has 0 spiro atoms. The smallest absolute Gasteiger partial charge is 0.0335 e. The van der Waals surface area contributed by atoms with E-state index in [0.29, 0.717) is 12.5 Å². The van der Waals surface area contributed by atoms with E-state index in [1.165, 1.54) is 5.56 Å². The molecule has 0 aliphatic rings. The van der Waals surface area contributed by atoms with Crippen LogP contribution in [0.15, 0.2) is 36.4 Å². The maximum Gasteiger partial charge on any atom is 0.0335 e. The molecule has 2 atom stereocenters. The Balaban J connectivity index is 2.33. The molecule has 0 N–H and O–H groups in total. The average molecular weight is 276 g/mol. The molecule has 0 bridgehead atoms. The summed E-state index contributed by atoms with van der Waals surface area (Å²) in [5, 5.41) is 0. The molecule has 1 aromatic rings. The first-order valence-corrected chi connectivity index (χ1v) is 7.08. The first-order valence-electron chi connectivity index (χ1n) is 6.74. The highest BCUT2D eigenvalue weighted by molar-refractivity contribution is 6.13. The summed E-state index contributed by atoms with van der Waals surface area (Å²) in [6.45, 7) is 4.19. The first kappa shape index (κ1) is 15.8. The van der Waals surface area contributed by atoms with E-state index >= 15 is 0 Å². The van der Waals surface area contributed by atoms with E-state index in [1.807, 2.05) is 22.6 Å². The highest BCUT2D eigenvalue weighted by Gasteiger charge is 2.16. The van der Waals surface area contributed by atoms with Gasteiger partial charge >= 0.3 is 0 Å². The third-order valence-electron chi connectivity index (χ3n) is 3.12. The van der Waals surface area contributed by atoms with Crippen LogP contribution in [0.1, 0.15) is 38.7 Å². The maximum atomic E-state index is 6.27. The normalized spacial score (nSPS) is 14.5. The Bertz CT molecular complexity index is 419. The minimum Gasteiger partial charge on any atom is -0.214 e. The van der Waals surface area contributed by atoms with Gasteiger partial charge < -0.3 is 0 Å². The summed E-state index contributed by atoms with van der Waals surface area (Å²) < 4.78 is 1.84. The summed E-state index contributed by atoms with van der Waals surface area (Å²) in [5.41, 5.74) is 1.23. The van der Waals surface area contributed by atoms with Crippen LogP contribution in [0.3, 0.4) is 0 Å². The number of benzene rings is 1. The number of hydrogen-bond acceptors (Lipinski definition) is 1. The Morgan fingerprint density at radius 3 is 2.58 bits per heavy atom. The molecule has 0 radical (unpaired) electrons. The monoisotopic (exact) mass is 275 g/mol. The van der Waals surface area contributed by atoms with E-state index in [4.69, 9.17) is 18.2 Å². The largest absolute Gasteiger partial charge is 0.214 e. The van der Waals surface area contributed by atoms with E-state index in [9.17, 15) is 0 Å². The van der Waals surface area contributed by atoms with Gasteiger partial charge in [0.1, 0.15) is 0 Å². The standard InChI is InChI=1S/C17H22ClN/c1-4-10-15(2)19(18)16(3)11-8-9-14-17-12-6-5-7-13-17/h1,5-7,9,12-16H,8,10-11H2,2-3H3/b14-9+. The van der Waals surface area contributed by atoms with Gasteiger partial charge in [-0.15, -0.1) is 12.3 Å². The molecular weight excluding hydrogens is 254 g/mol. The fourth-order valence-corrected chi connectivity index (χ4v) is 2.10. The van der Waals surface area contributed by atoms with Crippen LogP contribution in [0, 0.1) is 12.3 Å². The fraction of sp³-hybridized carbons (Fsp3) is 0.412. The molecule has 0 amide bonds. The molecule has 0 aromatic heterocycles. The zero-order chi connectivity index (χ0) is 14.1. The predicted octanol–water partition coefficient (Wildman–Crippen LogP) is 4.74. The summed E-state index contributed by atoms with van der Waals surface area (Å²) in [6, 6.07) is 10.9. The number of allylic oxidation sites excluding steroid dienone is 1. The summed E-state index contributed by atoms with van der Waals surface area (Å²) in [5.74, 6) is 2.65. The van der Waals surface area contributed by atoms with Crippen molar-refractivity contribution in [1.29, 1.82) is 0 Å². The lowest BCUT2D eigenvalue weighted by Gasteiger charge is -2.26. The van der Waals surface area contributed by atoms with Crippen molar-refractivity contribution >= 4 is 17.9 Å². The Kier molecular flexibility index (Phi) is 7.33. The van der Waals surface area contributed by atoms with Gasteiger partial charge in [-0.3, -0.25) is 0 Å². The van der Waals surface area contributed by atoms with Crippen LogP contribution < -0.4 is 0 Å². The molecule has 2 heteroatoms. The molecule has 0 aliphatic carbocycles. The molecule has 19 heavy (non-hydrogen) atoms. The van der Waals surface area contributed by atoms with Gasteiger partial charge in [0, 0.05) is 18.5 Å². The number of terminal acetylenes is 1. The van der Waals surface area contributed by atoms with E-state index in [2.05, 4.69) is 44.1 Å². The summed E-state index contributed by atoms with van der Waals surface area (Å²) in [7, 11) is 0. The lowest BCUT2D eigenvalue weighted by molar-refractivity contribution is 0.280. The lowest BCUT2D eigenvalue weighted by Crippen LogP contribution is -2.32. The first-order chi connectivity index (χ1) is 9.15. The van der Waals surface area contributed by atoms with Crippen molar-refractivity contribution in [3.05, 3.63) is 42.0 Å². The van der Waals surface area contributed by atoms with Crippen molar-refractivity contribution in [2.24, 2.45) is 0 Å². The van der Waals surface area contributed by atoms with Gasteiger partial charge in [0.2, 0.25) is 0 Å². The van der Waals surface area contributed by atoms with Crippen molar-refractivity contribution < 1.29 is 0 Å². The quantitative estimate of drug-likeness (QED) is 0.513. The Morgan fingerprint density at radius 1 is 1.26 bits per heavy atom. The van der Waals surface area contributed by atoms with Crippen molar-refractivity contribution in [2.75, 3.05) is 0 Å². The molecule has 0 aliphatic heterocycles. The number of hydrogen-bond donors (Lipinski definition) is 0. The van der Waals surface area contributed by atoms with Crippen molar-refractivity contribution in [2.45, 2.75) is 45.2 Å². The second-order valence-electron chi connectivity index (χ2n) is 4.84. The molecule has 0 heterocycles. The van der Waals surface area contributed by atoms with E-state index in [1.54, 1.807) is 0 Å². The fourth-order valence-electron chi connectivity index (χ4n) is 1.94. The van der Waals surface area contributed by atoms with Gasteiger partial charge in [0.25, 0.3) is 0 Å². The zero-order valence-electron chi connectivity index (χ0n) is 11.7. The van der Waals surface area contributed by atoms with E-state index in [0.717, 1.165) is 12.8 Å². The van der Waals surface area contributed by atoms with Crippen molar-refractivity contribution in [3.8, 4) is 12.3 Å². The highest BCUT2D eigenvalue weighted by Crippen LogP contribution is 2.16. The molecular formula is C17H22ClN. The average Bonchev–Trinajstić information content (AvgIpc) is 2.44. The third kappa shape index (κ3) is 5.96. The van der Waals surface area contributed by atoms with Crippen LogP contribution in [0.25, 0.3) is 6.08 Å². The van der Waals surface area contributed by atoms with Gasteiger partial charge in [0.05, 0.1) is 0 Å². The van der Waals surface area contributed by atoms with Gasteiger partial charge in [-0.2, -0.15) is 0 Å². The number of halogens is 1. The number of rotatable bonds is 7. The minimum atomic E-state index is 0.222. The van der Waals surface area contributed by atoms with Crippen molar-refractivity contribution in [1.82, 2.24) is 4.42 Å².